The predicted molar refractivity (Wildman–Crippen MR) is 77.0 cm³/mol. The van der Waals surface area contributed by atoms with Crippen molar-refractivity contribution in [1.29, 1.82) is 0 Å². The van der Waals surface area contributed by atoms with Gasteiger partial charge in [0.05, 0.1) is 10.6 Å². The first-order valence-electron chi connectivity index (χ1n) is 6.72. The van der Waals surface area contributed by atoms with Crippen LogP contribution in [0.25, 0.3) is 0 Å². The van der Waals surface area contributed by atoms with Crippen LogP contribution in [0, 0.1) is 12.8 Å². The van der Waals surface area contributed by atoms with E-state index >= 15 is 0 Å². The van der Waals surface area contributed by atoms with Crippen molar-refractivity contribution < 1.29 is 9.84 Å². The van der Waals surface area contributed by atoms with E-state index in [0.717, 1.165) is 16.6 Å². The predicted octanol–water partition coefficient (Wildman–Crippen LogP) is 4.08. The van der Waals surface area contributed by atoms with Gasteiger partial charge in [-0.25, -0.2) is 0 Å². The highest BCUT2D eigenvalue weighted by molar-refractivity contribution is 9.10. The molecule has 100 valence electrons. The molecule has 0 aromatic heterocycles. The maximum absolute atomic E-state index is 9.98. The number of hydrogen-bond acceptors (Lipinski definition) is 2. The minimum Gasteiger partial charge on any atom is -0.490 e. The number of aliphatic hydroxyl groups is 1. The summed E-state index contributed by atoms with van der Waals surface area (Å²) < 4.78 is 6.62. The molecule has 3 heteroatoms. The van der Waals surface area contributed by atoms with E-state index in [9.17, 15) is 5.11 Å². The van der Waals surface area contributed by atoms with Gasteiger partial charge >= 0.3 is 0 Å². The Kier molecular flexibility index (Phi) is 5.07. The monoisotopic (exact) mass is 312 g/mol. The molecule has 1 aliphatic carbocycles. The lowest BCUT2D eigenvalue weighted by Gasteiger charge is -2.16. The number of aryl methyl sites for hydroxylation is 1. The number of ether oxygens (including phenoxy) is 1. The molecule has 0 spiro atoms. The quantitative estimate of drug-likeness (QED) is 0.887. The van der Waals surface area contributed by atoms with Crippen LogP contribution in [0.5, 0.6) is 5.75 Å². The van der Waals surface area contributed by atoms with E-state index in [1.54, 1.807) is 0 Å². The second-order valence-electron chi connectivity index (χ2n) is 5.28. The standard InChI is InChI=1S/C15H21BrO2/c1-11-6-7-15(14(16)8-11)18-10-13(17)9-12-4-2-3-5-12/h6-8,12-13,17H,2-5,9-10H2,1H3. The van der Waals surface area contributed by atoms with Crippen molar-refractivity contribution in [2.75, 3.05) is 6.61 Å². The molecule has 18 heavy (non-hydrogen) atoms. The normalized spacial score (nSPS) is 17.9. The Balaban J connectivity index is 1.79. The summed E-state index contributed by atoms with van der Waals surface area (Å²) in [7, 11) is 0. The van der Waals surface area contributed by atoms with Gasteiger partial charge in [0.15, 0.2) is 0 Å². The number of hydrogen-bond donors (Lipinski definition) is 1. The highest BCUT2D eigenvalue weighted by Gasteiger charge is 2.19. The molecule has 1 fully saturated rings. The molecule has 1 unspecified atom stereocenters. The molecule has 0 radical (unpaired) electrons. The molecule has 1 aromatic rings. The molecule has 0 bridgehead atoms. The van der Waals surface area contributed by atoms with Crippen LogP contribution in [-0.2, 0) is 0 Å². The Bertz CT molecular complexity index is 386. The molecule has 1 N–H and O–H groups in total. The van der Waals surface area contributed by atoms with Crippen molar-refractivity contribution in [3.8, 4) is 5.75 Å². The Morgan fingerprint density at radius 2 is 2.11 bits per heavy atom. The lowest BCUT2D eigenvalue weighted by Crippen LogP contribution is -2.20. The zero-order valence-electron chi connectivity index (χ0n) is 10.9. The second-order valence-corrected chi connectivity index (χ2v) is 6.14. The van der Waals surface area contributed by atoms with Crippen LogP contribution in [0.15, 0.2) is 22.7 Å². The summed E-state index contributed by atoms with van der Waals surface area (Å²) in [6, 6.07) is 5.99. The first-order valence-corrected chi connectivity index (χ1v) is 7.51. The van der Waals surface area contributed by atoms with E-state index in [2.05, 4.69) is 15.9 Å². The third-order valence-corrected chi connectivity index (χ3v) is 4.22. The van der Waals surface area contributed by atoms with E-state index in [1.165, 1.54) is 31.2 Å². The summed E-state index contributed by atoms with van der Waals surface area (Å²) in [5.74, 6) is 1.51. The van der Waals surface area contributed by atoms with Crippen LogP contribution in [0.1, 0.15) is 37.7 Å². The maximum atomic E-state index is 9.98. The fraction of sp³-hybridized carbons (Fsp3) is 0.600. The zero-order chi connectivity index (χ0) is 13.0. The number of rotatable bonds is 5. The SMILES string of the molecule is Cc1ccc(OCC(O)CC2CCCC2)c(Br)c1. The van der Waals surface area contributed by atoms with Gasteiger partial charge in [0, 0.05) is 0 Å². The van der Waals surface area contributed by atoms with Crippen molar-refractivity contribution in [3.05, 3.63) is 28.2 Å². The van der Waals surface area contributed by atoms with Gasteiger partial charge in [-0.2, -0.15) is 0 Å². The molecule has 1 atom stereocenters. The third kappa shape index (κ3) is 3.99. The Labute approximate surface area is 117 Å². The van der Waals surface area contributed by atoms with Crippen LogP contribution in [-0.4, -0.2) is 17.8 Å². The lowest BCUT2D eigenvalue weighted by atomic mass is 10.0. The van der Waals surface area contributed by atoms with Crippen LogP contribution >= 0.6 is 15.9 Å². The molecule has 0 aliphatic heterocycles. The molecule has 2 rings (SSSR count). The van der Waals surface area contributed by atoms with Gasteiger partial charge in [0.25, 0.3) is 0 Å². The molecule has 2 nitrogen and oxygen atoms in total. The Morgan fingerprint density at radius 1 is 1.39 bits per heavy atom. The van der Waals surface area contributed by atoms with E-state index in [4.69, 9.17) is 4.74 Å². The van der Waals surface area contributed by atoms with Gasteiger partial charge in [-0.15, -0.1) is 0 Å². The van der Waals surface area contributed by atoms with Crippen molar-refractivity contribution >= 4 is 15.9 Å². The molecule has 1 saturated carbocycles. The van der Waals surface area contributed by atoms with E-state index < -0.39 is 0 Å². The van der Waals surface area contributed by atoms with E-state index in [-0.39, 0.29) is 6.10 Å². The first kappa shape index (κ1) is 13.9. The number of benzene rings is 1. The molecule has 1 aromatic carbocycles. The summed E-state index contributed by atoms with van der Waals surface area (Å²) in [5, 5.41) is 9.98. The van der Waals surface area contributed by atoms with Crippen molar-refractivity contribution in [1.82, 2.24) is 0 Å². The summed E-state index contributed by atoms with van der Waals surface area (Å²) in [6.45, 7) is 2.43. The maximum Gasteiger partial charge on any atom is 0.133 e. The van der Waals surface area contributed by atoms with Crippen molar-refractivity contribution in [3.63, 3.8) is 0 Å². The third-order valence-electron chi connectivity index (χ3n) is 3.60. The topological polar surface area (TPSA) is 29.5 Å². The van der Waals surface area contributed by atoms with Gasteiger partial charge in [-0.05, 0) is 52.9 Å². The number of aliphatic hydroxyl groups excluding tert-OH is 1. The highest BCUT2D eigenvalue weighted by atomic mass is 79.9. The van der Waals surface area contributed by atoms with Crippen molar-refractivity contribution in [2.24, 2.45) is 5.92 Å². The Hall–Kier alpha value is -0.540. The fourth-order valence-electron chi connectivity index (χ4n) is 2.61. The van der Waals surface area contributed by atoms with Gasteiger partial charge in [0.1, 0.15) is 12.4 Å². The summed E-state index contributed by atoms with van der Waals surface area (Å²) in [4.78, 5) is 0. The summed E-state index contributed by atoms with van der Waals surface area (Å²) in [6.07, 6.45) is 5.71. The molecule has 0 amide bonds. The molecular formula is C15H21BrO2. The van der Waals surface area contributed by atoms with Gasteiger partial charge in [0.2, 0.25) is 0 Å². The summed E-state index contributed by atoms with van der Waals surface area (Å²) in [5.41, 5.74) is 1.20. The first-order chi connectivity index (χ1) is 8.65. The Morgan fingerprint density at radius 3 is 2.78 bits per heavy atom. The van der Waals surface area contributed by atoms with Crippen LogP contribution in [0.3, 0.4) is 0 Å². The lowest BCUT2D eigenvalue weighted by molar-refractivity contribution is 0.0852. The smallest absolute Gasteiger partial charge is 0.133 e. The second kappa shape index (κ2) is 6.58. The molecule has 0 heterocycles. The van der Waals surface area contributed by atoms with Crippen LogP contribution in [0.4, 0.5) is 0 Å². The summed E-state index contributed by atoms with van der Waals surface area (Å²) >= 11 is 3.48. The largest absolute Gasteiger partial charge is 0.490 e. The van der Waals surface area contributed by atoms with Crippen LogP contribution in [0.2, 0.25) is 0 Å². The highest BCUT2D eigenvalue weighted by Crippen LogP contribution is 2.29. The van der Waals surface area contributed by atoms with E-state index in [0.29, 0.717) is 12.5 Å². The minimum absolute atomic E-state index is 0.346. The average molecular weight is 313 g/mol. The zero-order valence-corrected chi connectivity index (χ0v) is 12.4. The number of halogens is 1. The van der Waals surface area contributed by atoms with Gasteiger partial charge < -0.3 is 9.84 Å². The van der Waals surface area contributed by atoms with Gasteiger partial charge in [-0.3, -0.25) is 0 Å². The van der Waals surface area contributed by atoms with Crippen LogP contribution < -0.4 is 4.74 Å². The van der Waals surface area contributed by atoms with Gasteiger partial charge in [-0.1, -0.05) is 31.7 Å². The van der Waals surface area contributed by atoms with Crippen molar-refractivity contribution in [2.45, 2.75) is 45.1 Å². The fourth-order valence-corrected chi connectivity index (χ4v) is 3.22. The average Bonchev–Trinajstić information content (AvgIpc) is 2.80. The van der Waals surface area contributed by atoms with E-state index in [1.807, 2.05) is 25.1 Å². The molecule has 1 aliphatic rings. The molecular weight excluding hydrogens is 292 g/mol. The molecule has 0 saturated heterocycles. The minimum atomic E-state index is -0.346.